The third-order valence-electron chi connectivity index (χ3n) is 0.922. The highest BCUT2D eigenvalue weighted by molar-refractivity contribution is 6.68. The number of hydrogen-bond acceptors (Lipinski definition) is 4. The van der Waals surface area contributed by atoms with Gasteiger partial charge in [0, 0.05) is 0 Å². The van der Waals surface area contributed by atoms with Gasteiger partial charge in [-0.3, -0.25) is 0 Å². The van der Waals surface area contributed by atoms with Gasteiger partial charge in [0.15, 0.2) is 11.7 Å². The number of halogens is 2. The SMILES string of the molecule is N/N=C(\N)C(Cl)(Cl)/C(N)=N/N. The van der Waals surface area contributed by atoms with Gasteiger partial charge in [-0.15, -0.1) is 0 Å². The van der Waals surface area contributed by atoms with Crippen LogP contribution in [0, 0.1) is 0 Å². The van der Waals surface area contributed by atoms with Crippen molar-refractivity contribution in [2.45, 2.75) is 4.33 Å². The van der Waals surface area contributed by atoms with Crippen molar-refractivity contribution in [2.24, 2.45) is 33.4 Å². The summed E-state index contributed by atoms with van der Waals surface area (Å²) in [7, 11) is 0. The first-order valence-corrected chi connectivity index (χ1v) is 3.17. The van der Waals surface area contributed by atoms with E-state index in [2.05, 4.69) is 10.2 Å². The molecule has 0 saturated carbocycles. The van der Waals surface area contributed by atoms with Gasteiger partial charge in [-0.1, -0.05) is 23.2 Å². The van der Waals surface area contributed by atoms with Crippen LogP contribution in [0.15, 0.2) is 10.2 Å². The maximum atomic E-state index is 5.53. The van der Waals surface area contributed by atoms with Crippen molar-refractivity contribution in [1.29, 1.82) is 0 Å². The molecule has 0 atom stereocenters. The van der Waals surface area contributed by atoms with Gasteiger partial charge in [0.2, 0.25) is 4.33 Å². The van der Waals surface area contributed by atoms with Crippen LogP contribution in [-0.2, 0) is 0 Å². The van der Waals surface area contributed by atoms with Gasteiger partial charge in [-0.05, 0) is 0 Å². The number of nitrogens with zero attached hydrogens (tertiary/aromatic N) is 2. The highest BCUT2D eigenvalue weighted by Gasteiger charge is 2.34. The quantitative estimate of drug-likeness (QED) is 0.143. The Morgan fingerprint density at radius 2 is 1.27 bits per heavy atom. The molecule has 0 aliphatic carbocycles. The Kier molecular flexibility index (Phi) is 3.21. The largest absolute Gasteiger partial charge is 0.383 e. The number of nitrogens with two attached hydrogens (primary N) is 4. The summed E-state index contributed by atoms with van der Waals surface area (Å²) in [6.07, 6.45) is 0. The van der Waals surface area contributed by atoms with Crippen LogP contribution in [0.2, 0.25) is 0 Å². The average Bonchev–Trinajstić information content (AvgIpc) is 2.01. The molecule has 0 fully saturated rings. The zero-order valence-electron chi connectivity index (χ0n) is 5.46. The van der Waals surface area contributed by atoms with Crippen LogP contribution < -0.4 is 23.2 Å². The summed E-state index contributed by atoms with van der Waals surface area (Å²) in [5, 5.41) is 6.09. The molecule has 0 aromatic heterocycles. The first kappa shape index (κ1) is 10.1. The van der Waals surface area contributed by atoms with Gasteiger partial charge in [0.05, 0.1) is 0 Å². The predicted molar refractivity (Wildman–Crippen MR) is 46.1 cm³/mol. The highest BCUT2D eigenvalue weighted by atomic mass is 35.5. The first-order chi connectivity index (χ1) is 4.96. The Bertz CT molecular complexity index is 176. The highest BCUT2D eigenvalue weighted by Crippen LogP contribution is 2.20. The molecule has 6 nitrogen and oxygen atoms in total. The fourth-order valence-corrected chi connectivity index (χ4v) is 0.489. The second-order valence-corrected chi connectivity index (χ2v) is 2.93. The van der Waals surface area contributed by atoms with Crippen molar-refractivity contribution < 1.29 is 0 Å². The maximum Gasteiger partial charge on any atom is 0.234 e. The van der Waals surface area contributed by atoms with E-state index < -0.39 is 4.33 Å². The van der Waals surface area contributed by atoms with Crippen LogP contribution in [0.5, 0.6) is 0 Å². The van der Waals surface area contributed by atoms with E-state index >= 15 is 0 Å². The minimum absolute atomic E-state index is 0.271. The van der Waals surface area contributed by atoms with Crippen LogP contribution >= 0.6 is 23.2 Å². The molecule has 0 rings (SSSR count). The maximum absolute atomic E-state index is 5.53. The van der Waals surface area contributed by atoms with Gasteiger partial charge in [-0.25, -0.2) is 0 Å². The lowest BCUT2D eigenvalue weighted by Crippen LogP contribution is -2.46. The van der Waals surface area contributed by atoms with Crippen LogP contribution in [0.25, 0.3) is 0 Å². The molecule has 8 N–H and O–H groups in total. The minimum atomic E-state index is -1.73. The summed E-state index contributed by atoms with van der Waals surface area (Å²) >= 11 is 11.1. The van der Waals surface area contributed by atoms with Crippen LogP contribution in [0.3, 0.4) is 0 Å². The lowest BCUT2D eigenvalue weighted by Gasteiger charge is -2.15. The third-order valence-corrected chi connectivity index (χ3v) is 1.70. The summed E-state index contributed by atoms with van der Waals surface area (Å²) in [5.41, 5.74) is 10.3. The zero-order valence-corrected chi connectivity index (χ0v) is 6.97. The molecule has 0 saturated heterocycles. The first-order valence-electron chi connectivity index (χ1n) is 2.42. The lowest BCUT2D eigenvalue weighted by atomic mass is 10.3. The fourth-order valence-electron chi connectivity index (χ4n) is 0.293. The van der Waals surface area contributed by atoms with Crippen LogP contribution in [0.1, 0.15) is 0 Å². The summed E-state index contributed by atoms with van der Waals surface area (Å²) in [5.74, 6) is 9.05. The molecule has 0 heterocycles. The molecule has 0 aromatic rings. The monoisotopic (exact) mass is 198 g/mol. The van der Waals surface area contributed by atoms with Crippen molar-refractivity contribution >= 4 is 34.9 Å². The summed E-state index contributed by atoms with van der Waals surface area (Å²) in [4.78, 5) is 0. The molecule has 0 aliphatic rings. The van der Waals surface area contributed by atoms with E-state index in [1.807, 2.05) is 0 Å². The van der Waals surface area contributed by atoms with Gasteiger partial charge in [0.1, 0.15) is 0 Å². The van der Waals surface area contributed by atoms with E-state index in [1.165, 1.54) is 0 Å². The second kappa shape index (κ2) is 3.49. The van der Waals surface area contributed by atoms with Gasteiger partial charge in [-0.2, -0.15) is 10.2 Å². The number of hydrogen-bond donors (Lipinski definition) is 4. The third kappa shape index (κ3) is 2.02. The van der Waals surface area contributed by atoms with E-state index in [4.69, 9.17) is 46.4 Å². The molecule has 0 spiro atoms. The zero-order chi connectivity index (χ0) is 9.07. The van der Waals surface area contributed by atoms with Crippen molar-refractivity contribution in [2.75, 3.05) is 0 Å². The van der Waals surface area contributed by atoms with Crippen molar-refractivity contribution in [3.63, 3.8) is 0 Å². The molecule has 0 aromatic carbocycles. The Balaban J connectivity index is 4.73. The smallest absolute Gasteiger partial charge is 0.234 e. The summed E-state index contributed by atoms with van der Waals surface area (Å²) < 4.78 is -1.73. The molecule has 0 aliphatic heterocycles. The van der Waals surface area contributed by atoms with E-state index in [0.29, 0.717) is 0 Å². The van der Waals surface area contributed by atoms with Gasteiger partial charge >= 0.3 is 0 Å². The average molecular weight is 199 g/mol. The number of hydrazone groups is 2. The number of alkyl halides is 2. The molecule has 0 bridgehead atoms. The Morgan fingerprint density at radius 3 is 1.45 bits per heavy atom. The normalized spacial score (nSPS) is 15.1. The predicted octanol–water partition coefficient (Wildman–Crippen LogP) is -1.38. The molecular weight excluding hydrogens is 191 g/mol. The Morgan fingerprint density at radius 1 is 1.00 bits per heavy atom. The lowest BCUT2D eigenvalue weighted by molar-refractivity contribution is 1.14. The topological polar surface area (TPSA) is 129 Å². The number of amidine groups is 2. The van der Waals surface area contributed by atoms with E-state index in [9.17, 15) is 0 Å². The summed E-state index contributed by atoms with van der Waals surface area (Å²) in [6.45, 7) is 0. The molecule has 0 unspecified atom stereocenters. The van der Waals surface area contributed by atoms with Crippen LogP contribution in [-0.4, -0.2) is 16.0 Å². The standard InChI is InChI=1S/C3H8Cl2N6/c4-3(5,1(6)10-8)2(7)11-9/h8-9H2,(H2,6,10)(H2,7,11). The van der Waals surface area contributed by atoms with Gasteiger partial charge < -0.3 is 23.2 Å². The van der Waals surface area contributed by atoms with E-state index in [-0.39, 0.29) is 11.7 Å². The minimum Gasteiger partial charge on any atom is -0.383 e. The van der Waals surface area contributed by atoms with E-state index in [0.717, 1.165) is 0 Å². The van der Waals surface area contributed by atoms with Crippen molar-refractivity contribution in [3.05, 3.63) is 0 Å². The van der Waals surface area contributed by atoms with E-state index in [1.54, 1.807) is 0 Å². The van der Waals surface area contributed by atoms with Crippen molar-refractivity contribution in [1.82, 2.24) is 0 Å². The number of rotatable bonds is 2. The molecule has 64 valence electrons. The molecule has 0 radical (unpaired) electrons. The fraction of sp³-hybridized carbons (Fsp3) is 0.333. The molecule has 0 amide bonds. The van der Waals surface area contributed by atoms with Crippen LogP contribution in [0.4, 0.5) is 0 Å². The molecule has 11 heavy (non-hydrogen) atoms. The Labute approximate surface area is 73.2 Å². The second-order valence-electron chi connectivity index (χ2n) is 1.60. The van der Waals surface area contributed by atoms with Gasteiger partial charge in [0.25, 0.3) is 0 Å². The molecule has 8 heteroatoms. The molecular formula is C3H8Cl2N6. The summed E-state index contributed by atoms with van der Waals surface area (Å²) in [6, 6.07) is 0. The Hall–Kier alpha value is -0.880. The van der Waals surface area contributed by atoms with Crippen molar-refractivity contribution in [3.8, 4) is 0 Å².